The van der Waals surface area contributed by atoms with Crippen LogP contribution in [-0.2, 0) is 0 Å². The summed E-state index contributed by atoms with van der Waals surface area (Å²) in [6.45, 7) is 9.53. The second-order valence-electron chi connectivity index (χ2n) is 5.24. The molecule has 0 bridgehead atoms. The SMILES string of the molecule is CCC(C)C(O)CNC(C)C1(C)CC1. The Morgan fingerprint density at radius 1 is 1.36 bits per heavy atom. The Morgan fingerprint density at radius 2 is 1.93 bits per heavy atom. The quantitative estimate of drug-likeness (QED) is 0.687. The number of aliphatic hydroxyl groups excluding tert-OH is 1. The molecule has 1 saturated carbocycles. The molecular weight excluding hydrogens is 174 g/mol. The lowest BCUT2D eigenvalue weighted by atomic mass is 9.98. The average molecular weight is 199 g/mol. The molecule has 84 valence electrons. The van der Waals surface area contributed by atoms with Crippen LogP contribution in [0.4, 0.5) is 0 Å². The Hall–Kier alpha value is -0.0800. The summed E-state index contributed by atoms with van der Waals surface area (Å²) in [6, 6.07) is 0.543. The van der Waals surface area contributed by atoms with Crippen molar-refractivity contribution in [2.45, 2.75) is 59.1 Å². The van der Waals surface area contributed by atoms with Crippen LogP contribution in [0.15, 0.2) is 0 Å². The van der Waals surface area contributed by atoms with E-state index in [0.717, 1.165) is 13.0 Å². The molecule has 0 aromatic rings. The van der Waals surface area contributed by atoms with Crippen LogP contribution in [0.3, 0.4) is 0 Å². The maximum atomic E-state index is 9.79. The van der Waals surface area contributed by atoms with Gasteiger partial charge in [-0.05, 0) is 31.1 Å². The highest BCUT2D eigenvalue weighted by Gasteiger charge is 2.42. The van der Waals surface area contributed by atoms with Gasteiger partial charge in [0.2, 0.25) is 0 Å². The molecule has 0 heterocycles. The van der Waals surface area contributed by atoms with E-state index in [9.17, 15) is 5.11 Å². The zero-order valence-corrected chi connectivity index (χ0v) is 10.0. The molecular formula is C12H25NO. The molecule has 0 aromatic heterocycles. The summed E-state index contributed by atoms with van der Waals surface area (Å²) in [5.74, 6) is 0.404. The third-order valence-electron chi connectivity index (χ3n) is 4.02. The standard InChI is InChI=1S/C12H25NO/c1-5-9(2)11(14)8-13-10(3)12(4)6-7-12/h9-11,13-14H,5-8H2,1-4H3. The van der Waals surface area contributed by atoms with Gasteiger partial charge < -0.3 is 10.4 Å². The van der Waals surface area contributed by atoms with E-state index in [4.69, 9.17) is 0 Å². The van der Waals surface area contributed by atoms with Gasteiger partial charge in [0.25, 0.3) is 0 Å². The van der Waals surface area contributed by atoms with E-state index in [1.165, 1.54) is 12.8 Å². The van der Waals surface area contributed by atoms with Crippen molar-refractivity contribution in [3.05, 3.63) is 0 Å². The van der Waals surface area contributed by atoms with Crippen LogP contribution in [0.25, 0.3) is 0 Å². The second kappa shape index (κ2) is 4.63. The highest BCUT2D eigenvalue weighted by atomic mass is 16.3. The third-order valence-corrected chi connectivity index (χ3v) is 4.02. The third kappa shape index (κ3) is 2.96. The maximum Gasteiger partial charge on any atom is 0.0690 e. The molecule has 0 radical (unpaired) electrons. The lowest BCUT2D eigenvalue weighted by molar-refractivity contribution is 0.107. The van der Waals surface area contributed by atoms with E-state index in [0.29, 0.717) is 17.4 Å². The average Bonchev–Trinajstić information content (AvgIpc) is 2.92. The first kappa shape index (κ1) is 12.0. The minimum absolute atomic E-state index is 0.190. The van der Waals surface area contributed by atoms with E-state index in [1.54, 1.807) is 0 Å². The Bertz CT molecular complexity index is 177. The van der Waals surface area contributed by atoms with Crippen molar-refractivity contribution in [2.75, 3.05) is 6.54 Å². The van der Waals surface area contributed by atoms with Crippen molar-refractivity contribution in [1.82, 2.24) is 5.32 Å². The minimum atomic E-state index is -0.190. The van der Waals surface area contributed by atoms with Crippen LogP contribution in [0.2, 0.25) is 0 Å². The van der Waals surface area contributed by atoms with Gasteiger partial charge in [-0.15, -0.1) is 0 Å². The van der Waals surface area contributed by atoms with E-state index in [2.05, 4.69) is 33.0 Å². The molecule has 0 aliphatic heterocycles. The summed E-state index contributed by atoms with van der Waals surface area (Å²) in [5.41, 5.74) is 0.509. The fourth-order valence-corrected chi connectivity index (χ4v) is 1.65. The van der Waals surface area contributed by atoms with Gasteiger partial charge in [-0.25, -0.2) is 0 Å². The molecule has 2 nitrogen and oxygen atoms in total. The van der Waals surface area contributed by atoms with Crippen molar-refractivity contribution < 1.29 is 5.11 Å². The van der Waals surface area contributed by atoms with Gasteiger partial charge in [0, 0.05) is 12.6 Å². The van der Waals surface area contributed by atoms with Gasteiger partial charge in [-0.1, -0.05) is 27.2 Å². The zero-order valence-electron chi connectivity index (χ0n) is 10.0. The summed E-state index contributed by atoms with van der Waals surface area (Å²) in [6.07, 6.45) is 3.53. The minimum Gasteiger partial charge on any atom is -0.392 e. The van der Waals surface area contributed by atoms with Crippen molar-refractivity contribution >= 4 is 0 Å². The van der Waals surface area contributed by atoms with Gasteiger partial charge in [-0.2, -0.15) is 0 Å². The Balaban J connectivity index is 2.19. The molecule has 1 fully saturated rings. The van der Waals surface area contributed by atoms with Gasteiger partial charge in [-0.3, -0.25) is 0 Å². The molecule has 3 atom stereocenters. The predicted octanol–water partition coefficient (Wildman–Crippen LogP) is 2.17. The molecule has 14 heavy (non-hydrogen) atoms. The van der Waals surface area contributed by atoms with Crippen LogP contribution in [0, 0.1) is 11.3 Å². The monoisotopic (exact) mass is 199 g/mol. The van der Waals surface area contributed by atoms with Crippen molar-refractivity contribution in [3.63, 3.8) is 0 Å². The number of aliphatic hydroxyl groups is 1. The molecule has 1 rings (SSSR count). The van der Waals surface area contributed by atoms with Crippen LogP contribution in [0.5, 0.6) is 0 Å². The first-order valence-electron chi connectivity index (χ1n) is 5.91. The molecule has 1 aliphatic carbocycles. The van der Waals surface area contributed by atoms with Crippen molar-refractivity contribution in [3.8, 4) is 0 Å². The van der Waals surface area contributed by atoms with Gasteiger partial charge >= 0.3 is 0 Å². The summed E-state index contributed by atoms with van der Waals surface area (Å²) in [5, 5.41) is 13.2. The number of rotatable bonds is 6. The normalized spacial score (nSPS) is 25.5. The highest BCUT2D eigenvalue weighted by molar-refractivity contribution is 4.96. The first-order valence-corrected chi connectivity index (χ1v) is 5.91. The van der Waals surface area contributed by atoms with E-state index in [-0.39, 0.29) is 6.10 Å². The molecule has 2 N–H and O–H groups in total. The Morgan fingerprint density at radius 3 is 2.36 bits per heavy atom. The Labute approximate surface area is 88.1 Å². The number of hydrogen-bond acceptors (Lipinski definition) is 2. The van der Waals surface area contributed by atoms with E-state index >= 15 is 0 Å². The largest absolute Gasteiger partial charge is 0.392 e. The fourth-order valence-electron chi connectivity index (χ4n) is 1.65. The molecule has 0 amide bonds. The van der Waals surface area contributed by atoms with Gasteiger partial charge in [0.1, 0.15) is 0 Å². The van der Waals surface area contributed by atoms with Gasteiger partial charge in [0.15, 0.2) is 0 Å². The first-order chi connectivity index (χ1) is 6.49. The van der Waals surface area contributed by atoms with Crippen molar-refractivity contribution in [1.29, 1.82) is 0 Å². The number of hydrogen-bond donors (Lipinski definition) is 2. The summed E-state index contributed by atoms with van der Waals surface area (Å²) in [4.78, 5) is 0. The van der Waals surface area contributed by atoms with E-state index in [1.807, 2.05) is 0 Å². The second-order valence-corrected chi connectivity index (χ2v) is 5.24. The maximum absolute atomic E-state index is 9.79. The molecule has 0 aromatic carbocycles. The van der Waals surface area contributed by atoms with Gasteiger partial charge in [0.05, 0.1) is 6.10 Å². The summed E-state index contributed by atoms with van der Waals surface area (Å²) >= 11 is 0. The van der Waals surface area contributed by atoms with Crippen LogP contribution in [0.1, 0.15) is 47.0 Å². The molecule has 1 aliphatic rings. The topological polar surface area (TPSA) is 32.3 Å². The lowest BCUT2D eigenvalue weighted by Crippen LogP contribution is -2.40. The van der Waals surface area contributed by atoms with Crippen LogP contribution < -0.4 is 5.32 Å². The molecule has 0 spiro atoms. The number of nitrogens with one attached hydrogen (secondary N) is 1. The smallest absolute Gasteiger partial charge is 0.0690 e. The highest BCUT2D eigenvalue weighted by Crippen LogP contribution is 2.47. The van der Waals surface area contributed by atoms with Crippen LogP contribution >= 0.6 is 0 Å². The molecule has 3 unspecified atom stereocenters. The summed E-state index contributed by atoms with van der Waals surface area (Å²) < 4.78 is 0. The molecule has 0 saturated heterocycles. The molecule has 2 heteroatoms. The van der Waals surface area contributed by atoms with E-state index < -0.39 is 0 Å². The van der Waals surface area contributed by atoms with Crippen LogP contribution in [-0.4, -0.2) is 23.8 Å². The fraction of sp³-hybridized carbons (Fsp3) is 1.00. The lowest BCUT2D eigenvalue weighted by Gasteiger charge is -2.24. The zero-order chi connectivity index (χ0) is 10.8. The predicted molar refractivity (Wildman–Crippen MR) is 60.3 cm³/mol. The Kier molecular flexibility index (Phi) is 3.96. The summed E-state index contributed by atoms with van der Waals surface area (Å²) in [7, 11) is 0. The van der Waals surface area contributed by atoms with Crippen molar-refractivity contribution in [2.24, 2.45) is 11.3 Å².